The number of nitrogens with two attached hydrogens (primary N) is 1. The fourth-order valence-corrected chi connectivity index (χ4v) is 2.91. The van der Waals surface area contributed by atoms with E-state index in [4.69, 9.17) is 5.73 Å². The van der Waals surface area contributed by atoms with Crippen LogP contribution in [0, 0.1) is 5.92 Å². The second-order valence-corrected chi connectivity index (χ2v) is 5.34. The lowest BCUT2D eigenvalue weighted by Crippen LogP contribution is -2.44. The van der Waals surface area contributed by atoms with Crippen LogP contribution in [0.4, 0.5) is 0 Å². The number of piperidine rings is 1. The molecule has 0 aromatic rings. The smallest absolute Gasteiger partial charge is 0.0209 e. The molecule has 2 unspecified atom stereocenters. The molecule has 88 valence electrons. The molecule has 2 N–H and O–H groups in total. The van der Waals surface area contributed by atoms with E-state index in [1.54, 1.807) is 0 Å². The molecule has 0 aromatic heterocycles. The van der Waals surface area contributed by atoms with Gasteiger partial charge in [0, 0.05) is 19.1 Å². The topological polar surface area (TPSA) is 32.5 Å². The number of hydrogen-bond acceptors (Lipinski definition) is 3. The van der Waals surface area contributed by atoms with E-state index in [9.17, 15) is 0 Å². The van der Waals surface area contributed by atoms with Crippen LogP contribution in [-0.2, 0) is 0 Å². The highest BCUT2D eigenvalue weighted by molar-refractivity contribution is 4.84. The van der Waals surface area contributed by atoms with E-state index in [2.05, 4.69) is 16.8 Å². The van der Waals surface area contributed by atoms with E-state index in [-0.39, 0.29) is 0 Å². The number of hydrogen-bond donors (Lipinski definition) is 1. The van der Waals surface area contributed by atoms with Crippen molar-refractivity contribution < 1.29 is 0 Å². The van der Waals surface area contributed by atoms with Gasteiger partial charge in [0.25, 0.3) is 0 Å². The van der Waals surface area contributed by atoms with Crippen LogP contribution in [0.3, 0.4) is 0 Å². The molecule has 2 heterocycles. The van der Waals surface area contributed by atoms with Crippen LogP contribution in [0.2, 0.25) is 0 Å². The van der Waals surface area contributed by atoms with Crippen LogP contribution < -0.4 is 5.73 Å². The van der Waals surface area contributed by atoms with Crippen molar-refractivity contribution in [2.75, 3.05) is 39.8 Å². The Kier molecular flexibility index (Phi) is 4.00. The molecule has 2 saturated heterocycles. The Hall–Kier alpha value is -0.120. The lowest BCUT2D eigenvalue weighted by molar-refractivity contribution is 0.196. The summed E-state index contributed by atoms with van der Waals surface area (Å²) in [6.45, 7) is 6.11. The van der Waals surface area contributed by atoms with Crippen molar-refractivity contribution in [3.8, 4) is 0 Å². The number of rotatable bonds is 3. The van der Waals surface area contributed by atoms with Gasteiger partial charge in [0.2, 0.25) is 0 Å². The van der Waals surface area contributed by atoms with Gasteiger partial charge in [-0.15, -0.1) is 0 Å². The third kappa shape index (κ3) is 3.16. The second kappa shape index (κ2) is 5.28. The van der Waals surface area contributed by atoms with Crippen molar-refractivity contribution in [2.45, 2.75) is 31.7 Å². The van der Waals surface area contributed by atoms with Gasteiger partial charge in [-0.3, -0.25) is 0 Å². The van der Waals surface area contributed by atoms with Crippen LogP contribution in [0.1, 0.15) is 25.7 Å². The molecule has 3 nitrogen and oxygen atoms in total. The van der Waals surface area contributed by atoms with Gasteiger partial charge in [0.15, 0.2) is 0 Å². The van der Waals surface area contributed by atoms with Crippen LogP contribution in [0.25, 0.3) is 0 Å². The molecule has 0 spiro atoms. The maximum Gasteiger partial charge on any atom is 0.0209 e. The molecule has 3 heteroatoms. The largest absolute Gasteiger partial charge is 0.326 e. The molecule has 0 radical (unpaired) electrons. The highest BCUT2D eigenvalue weighted by atomic mass is 15.2. The van der Waals surface area contributed by atoms with Gasteiger partial charge in [-0.1, -0.05) is 6.42 Å². The van der Waals surface area contributed by atoms with Crippen molar-refractivity contribution in [1.29, 1.82) is 0 Å². The number of nitrogens with zero attached hydrogens (tertiary/aromatic N) is 2. The molecule has 0 saturated carbocycles. The highest BCUT2D eigenvalue weighted by Crippen LogP contribution is 2.19. The molecule has 0 aliphatic carbocycles. The van der Waals surface area contributed by atoms with E-state index in [0.29, 0.717) is 6.04 Å². The summed E-state index contributed by atoms with van der Waals surface area (Å²) in [4.78, 5) is 4.97. The lowest BCUT2D eigenvalue weighted by atomic mass is 9.98. The van der Waals surface area contributed by atoms with Crippen molar-refractivity contribution >= 4 is 0 Å². The molecule has 0 bridgehead atoms. The predicted octanol–water partition coefficient (Wildman–Crippen LogP) is 0.751. The third-order valence-electron chi connectivity index (χ3n) is 3.95. The first kappa shape index (κ1) is 11.4. The fourth-order valence-electron chi connectivity index (χ4n) is 2.91. The first-order chi connectivity index (χ1) is 7.25. The van der Waals surface area contributed by atoms with Crippen molar-refractivity contribution in [1.82, 2.24) is 9.80 Å². The highest BCUT2D eigenvalue weighted by Gasteiger charge is 2.26. The Bertz CT molecular complexity index is 189. The summed E-state index contributed by atoms with van der Waals surface area (Å²) in [5, 5.41) is 0. The van der Waals surface area contributed by atoms with E-state index < -0.39 is 0 Å². The SMILES string of the molecule is CN1CCC(C(N)CN2CCCCC2)C1. The van der Waals surface area contributed by atoms with E-state index in [1.165, 1.54) is 51.9 Å². The minimum absolute atomic E-state index is 0.396. The van der Waals surface area contributed by atoms with E-state index in [1.807, 2.05) is 0 Å². The summed E-state index contributed by atoms with van der Waals surface area (Å²) in [7, 11) is 2.20. The third-order valence-corrected chi connectivity index (χ3v) is 3.95. The summed E-state index contributed by atoms with van der Waals surface area (Å²) in [6.07, 6.45) is 5.46. The molecule has 2 atom stereocenters. The minimum atomic E-state index is 0.396. The molecule has 2 aliphatic heterocycles. The average Bonchev–Trinajstić information content (AvgIpc) is 2.66. The Labute approximate surface area is 93.6 Å². The number of likely N-dealkylation sites (tertiary alicyclic amines) is 2. The first-order valence-corrected chi connectivity index (χ1v) is 6.42. The lowest BCUT2D eigenvalue weighted by Gasteiger charge is -2.31. The average molecular weight is 211 g/mol. The van der Waals surface area contributed by atoms with Crippen LogP contribution in [0.15, 0.2) is 0 Å². The Balaban J connectivity index is 1.73. The molecule has 0 amide bonds. The van der Waals surface area contributed by atoms with Crippen LogP contribution in [0.5, 0.6) is 0 Å². The minimum Gasteiger partial charge on any atom is -0.326 e. The fraction of sp³-hybridized carbons (Fsp3) is 1.00. The van der Waals surface area contributed by atoms with E-state index in [0.717, 1.165) is 12.5 Å². The van der Waals surface area contributed by atoms with Gasteiger partial charge in [-0.25, -0.2) is 0 Å². The second-order valence-electron chi connectivity index (χ2n) is 5.34. The van der Waals surface area contributed by atoms with Crippen molar-refractivity contribution in [2.24, 2.45) is 11.7 Å². The maximum absolute atomic E-state index is 6.30. The zero-order valence-corrected chi connectivity index (χ0v) is 9.99. The summed E-state index contributed by atoms with van der Waals surface area (Å²) >= 11 is 0. The normalized spacial score (nSPS) is 32.0. The molecule has 2 aliphatic rings. The summed E-state index contributed by atoms with van der Waals surface area (Å²) in [5.41, 5.74) is 6.30. The zero-order valence-electron chi connectivity index (χ0n) is 9.99. The summed E-state index contributed by atoms with van der Waals surface area (Å²) < 4.78 is 0. The molecule has 2 fully saturated rings. The predicted molar refractivity (Wildman–Crippen MR) is 63.9 cm³/mol. The van der Waals surface area contributed by atoms with Gasteiger partial charge in [-0.05, 0) is 51.9 Å². The van der Waals surface area contributed by atoms with Gasteiger partial charge in [-0.2, -0.15) is 0 Å². The Morgan fingerprint density at radius 1 is 1.20 bits per heavy atom. The Morgan fingerprint density at radius 3 is 2.53 bits per heavy atom. The molecule has 2 rings (SSSR count). The monoisotopic (exact) mass is 211 g/mol. The standard InChI is InChI=1S/C12H25N3/c1-14-8-5-11(9-14)12(13)10-15-6-3-2-4-7-15/h11-12H,2-10,13H2,1H3. The molecular formula is C12H25N3. The van der Waals surface area contributed by atoms with Crippen LogP contribution >= 0.6 is 0 Å². The maximum atomic E-state index is 6.30. The van der Waals surface area contributed by atoms with Gasteiger partial charge in [0.1, 0.15) is 0 Å². The molecule has 0 aromatic carbocycles. The van der Waals surface area contributed by atoms with Crippen LogP contribution in [-0.4, -0.2) is 55.6 Å². The zero-order chi connectivity index (χ0) is 10.7. The van der Waals surface area contributed by atoms with Crippen molar-refractivity contribution in [3.63, 3.8) is 0 Å². The molecule has 15 heavy (non-hydrogen) atoms. The quantitative estimate of drug-likeness (QED) is 0.748. The van der Waals surface area contributed by atoms with Gasteiger partial charge < -0.3 is 15.5 Å². The van der Waals surface area contributed by atoms with Gasteiger partial charge >= 0.3 is 0 Å². The summed E-state index contributed by atoms with van der Waals surface area (Å²) in [6, 6.07) is 0.396. The van der Waals surface area contributed by atoms with Gasteiger partial charge in [0.05, 0.1) is 0 Å². The van der Waals surface area contributed by atoms with Crippen molar-refractivity contribution in [3.05, 3.63) is 0 Å². The van der Waals surface area contributed by atoms with E-state index >= 15 is 0 Å². The first-order valence-electron chi connectivity index (χ1n) is 6.42. The molecular weight excluding hydrogens is 186 g/mol. The Morgan fingerprint density at radius 2 is 1.93 bits per heavy atom. The summed E-state index contributed by atoms with van der Waals surface area (Å²) in [5.74, 6) is 0.733.